The van der Waals surface area contributed by atoms with Gasteiger partial charge in [0.05, 0.1) is 0 Å². The Morgan fingerprint density at radius 3 is 2.52 bits per heavy atom. The first-order valence-electron chi connectivity index (χ1n) is 7.39. The van der Waals surface area contributed by atoms with Crippen LogP contribution >= 0.6 is 15.9 Å². The Balaban J connectivity index is 1.79. The van der Waals surface area contributed by atoms with Crippen molar-refractivity contribution in [2.45, 2.75) is 26.2 Å². The average molecular weight is 380 g/mol. The molecule has 0 aliphatic carbocycles. The zero-order valence-corrected chi connectivity index (χ0v) is 14.4. The number of esters is 1. The third kappa shape index (κ3) is 5.56. The highest BCUT2D eigenvalue weighted by molar-refractivity contribution is 9.10. The first-order valence-corrected chi connectivity index (χ1v) is 8.19. The van der Waals surface area contributed by atoms with Gasteiger partial charge in [0, 0.05) is 5.69 Å². The smallest absolute Gasteiger partial charge is 0.374 e. The first-order chi connectivity index (χ1) is 11.1. The van der Waals surface area contributed by atoms with Crippen molar-refractivity contribution in [3.8, 4) is 0 Å². The number of rotatable bonds is 7. The number of nitrogens with one attached hydrogen (secondary N) is 1. The van der Waals surface area contributed by atoms with Crippen LogP contribution in [0.1, 0.15) is 35.9 Å². The fourth-order valence-corrected chi connectivity index (χ4v) is 2.27. The van der Waals surface area contributed by atoms with Crippen molar-refractivity contribution in [2.24, 2.45) is 0 Å². The summed E-state index contributed by atoms with van der Waals surface area (Å²) in [7, 11) is 0. The van der Waals surface area contributed by atoms with Crippen LogP contribution in [-0.2, 0) is 16.0 Å². The maximum Gasteiger partial charge on any atom is 0.374 e. The SMILES string of the molecule is CCCCc1ccc(NC(=O)COC(=O)c2ccc(Br)o2)cc1. The Bertz CT molecular complexity index is 663. The van der Waals surface area contributed by atoms with E-state index < -0.39 is 11.9 Å². The van der Waals surface area contributed by atoms with E-state index in [1.807, 2.05) is 24.3 Å². The minimum Gasteiger partial charge on any atom is -0.450 e. The van der Waals surface area contributed by atoms with Gasteiger partial charge in [-0.25, -0.2) is 4.79 Å². The van der Waals surface area contributed by atoms with Crippen molar-refractivity contribution in [3.05, 3.63) is 52.4 Å². The molecule has 0 atom stereocenters. The predicted octanol–water partition coefficient (Wildman–Crippen LogP) is 4.18. The molecule has 1 N–H and O–H groups in total. The van der Waals surface area contributed by atoms with E-state index in [2.05, 4.69) is 28.2 Å². The summed E-state index contributed by atoms with van der Waals surface area (Å²) in [6.45, 7) is 1.78. The Hall–Kier alpha value is -2.08. The molecule has 1 aromatic carbocycles. The quantitative estimate of drug-likeness (QED) is 0.732. The lowest BCUT2D eigenvalue weighted by atomic mass is 10.1. The van der Waals surface area contributed by atoms with E-state index in [-0.39, 0.29) is 12.4 Å². The maximum atomic E-state index is 11.8. The van der Waals surface area contributed by atoms with E-state index in [9.17, 15) is 9.59 Å². The van der Waals surface area contributed by atoms with E-state index in [0.29, 0.717) is 10.4 Å². The number of halogens is 1. The van der Waals surface area contributed by atoms with Crippen molar-refractivity contribution in [1.29, 1.82) is 0 Å². The molecular formula is C17H18BrNO4. The molecule has 0 radical (unpaired) electrons. The van der Waals surface area contributed by atoms with Crippen LogP contribution in [-0.4, -0.2) is 18.5 Å². The molecular weight excluding hydrogens is 362 g/mol. The van der Waals surface area contributed by atoms with Crippen LogP contribution in [0.25, 0.3) is 0 Å². The van der Waals surface area contributed by atoms with Gasteiger partial charge < -0.3 is 14.5 Å². The minimum atomic E-state index is -0.680. The Kier molecular flexibility index (Phi) is 6.40. The highest BCUT2D eigenvalue weighted by Crippen LogP contribution is 2.15. The molecule has 0 aliphatic heterocycles. The van der Waals surface area contributed by atoms with Crippen molar-refractivity contribution in [2.75, 3.05) is 11.9 Å². The molecule has 23 heavy (non-hydrogen) atoms. The highest BCUT2D eigenvalue weighted by atomic mass is 79.9. The van der Waals surface area contributed by atoms with Gasteiger partial charge >= 0.3 is 5.97 Å². The summed E-state index contributed by atoms with van der Waals surface area (Å²) < 4.78 is 10.4. The molecule has 6 heteroatoms. The number of carbonyl (C=O) groups is 2. The fraction of sp³-hybridized carbons (Fsp3) is 0.294. The third-order valence-electron chi connectivity index (χ3n) is 3.17. The molecule has 0 spiro atoms. The number of benzene rings is 1. The number of anilines is 1. The second-order valence-electron chi connectivity index (χ2n) is 5.03. The number of aryl methyl sites for hydroxylation is 1. The standard InChI is InChI=1S/C17H18BrNO4/c1-2-3-4-12-5-7-13(8-6-12)19-16(20)11-22-17(21)14-9-10-15(18)23-14/h5-10H,2-4,11H2,1H3,(H,19,20). The average Bonchev–Trinajstić information content (AvgIpc) is 2.98. The van der Waals surface area contributed by atoms with Crippen LogP contribution in [0.5, 0.6) is 0 Å². The normalized spacial score (nSPS) is 10.3. The summed E-state index contributed by atoms with van der Waals surface area (Å²) in [6.07, 6.45) is 3.32. The van der Waals surface area contributed by atoms with E-state index in [1.54, 1.807) is 6.07 Å². The van der Waals surface area contributed by atoms with Crippen molar-refractivity contribution in [3.63, 3.8) is 0 Å². The van der Waals surface area contributed by atoms with Crippen molar-refractivity contribution < 1.29 is 18.7 Å². The second-order valence-corrected chi connectivity index (χ2v) is 5.81. The van der Waals surface area contributed by atoms with Crippen LogP contribution in [0.2, 0.25) is 0 Å². The zero-order chi connectivity index (χ0) is 16.7. The highest BCUT2D eigenvalue weighted by Gasteiger charge is 2.14. The van der Waals surface area contributed by atoms with Gasteiger partial charge in [0.15, 0.2) is 11.3 Å². The molecule has 2 aromatic rings. The van der Waals surface area contributed by atoms with E-state index in [1.165, 1.54) is 11.6 Å². The third-order valence-corrected chi connectivity index (χ3v) is 3.59. The van der Waals surface area contributed by atoms with Crippen LogP contribution < -0.4 is 5.32 Å². The van der Waals surface area contributed by atoms with Gasteiger partial charge in [-0.1, -0.05) is 25.5 Å². The molecule has 0 aliphatic rings. The van der Waals surface area contributed by atoms with E-state index >= 15 is 0 Å². The number of carbonyl (C=O) groups excluding carboxylic acids is 2. The predicted molar refractivity (Wildman–Crippen MR) is 90.4 cm³/mol. The molecule has 0 saturated heterocycles. The lowest BCUT2D eigenvalue weighted by Crippen LogP contribution is -2.20. The Morgan fingerprint density at radius 1 is 1.17 bits per heavy atom. The summed E-state index contributed by atoms with van der Waals surface area (Å²) in [5.41, 5.74) is 1.91. The summed E-state index contributed by atoms with van der Waals surface area (Å²) in [4.78, 5) is 23.4. The van der Waals surface area contributed by atoms with Gasteiger partial charge in [-0.2, -0.15) is 0 Å². The number of hydrogen-bond donors (Lipinski definition) is 1. The van der Waals surface area contributed by atoms with Crippen LogP contribution in [0.4, 0.5) is 5.69 Å². The molecule has 0 bridgehead atoms. The number of amides is 1. The maximum absolute atomic E-state index is 11.8. The van der Waals surface area contributed by atoms with Gasteiger partial charge in [0.25, 0.3) is 5.91 Å². The van der Waals surface area contributed by atoms with Gasteiger partial charge in [-0.05, 0) is 58.6 Å². The van der Waals surface area contributed by atoms with Gasteiger partial charge in [-0.15, -0.1) is 0 Å². The van der Waals surface area contributed by atoms with E-state index in [4.69, 9.17) is 9.15 Å². The van der Waals surface area contributed by atoms with Crippen LogP contribution in [0.3, 0.4) is 0 Å². The lowest BCUT2D eigenvalue weighted by Gasteiger charge is -2.07. The van der Waals surface area contributed by atoms with Crippen LogP contribution in [0, 0.1) is 0 Å². The number of unbranched alkanes of at least 4 members (excludes halogenated alkanes) is 1. The summed E-state index contributed by atoms with van der Waals surface area (Å²) in [6, 6.07) is 10.7. The van der Waals surface area contributed by atoms with Crippen molar-refractivity contribution in [1.82, 2.24) is 0 Å². The molecule has 122 valence electrons. The van der Waals surface area contributed by atoms with Gasteiger partial charge in [-0.3, -0.25) is 4.79 Å². The van der Waals surface area contributed by atoms with Crippen molar-refractivity contribution >= 4 is 33.5 Å². The summed E-state index contributed by atoms with van der Waals surface area (Å²) in [5, 5.41) is 2.68. The van der Waals surface area contributed by atoms with Crippen LogP contribution in [0.15, 0.2) is 45.5 Å². The number of furan rings is 1. The molecule has 1 aromatic heterocycles. The summed E-state index contributed by atoms with van der Waals surface area (Å²) >= 11 is 3.09. The molecule has 5 nitrogen and oxygen atoms in total. The largest absolute Gasteiger partial charge is 0.450 e. The monoisotopic (exact) mass is 379 g/mol. The first kappa shape index (κ1) is 17.3. The molecule has 0 saturated carbocycles. The summed E-state index contributed by atoms with van der Waals surface area (Å²) in [5.74, 6) is -1.03. The number of hydrogen-bond acceptors (Lipinski definition) is 4. The Morgan fingerprint density at radius 2 is 1.91 bits per heavy atom. The minimum absolute atomic E-state index is 0.0463. The Labute approximate surface area is 143 Å². The lowest BCUT2D eigenvalue weighted by molar-refractivity contribution is -0.119. The fourth-order valence-electron chi connectivity index (χ4n) is 1.96. The molecule has 2 rings (SSSR count). The zero-order valence-electron chi connectivity index (χ0n) is 12.8. The molecule has 0 unspecified atom stereocenters. The molecule has 0 fully saturated rings. The molecule has 1 amide bonds. The number of ether oxygens (including phenoxy) is 1. The second kappa shape index (κ2) is 8.53. The molecule has 1 heterocycles. The topological polar surface area (TPSA) is 68.5 Å². The van der Waals surface area contributed by atoms with Gasteiger partial charge in [0.1, 0.15) is 0 Å². The van der Waals surface area contributed by atoms with E-state index in [0.717, 1.165) is 19.3 Å². The van der Waals surface area contributed by atoms with Gasteiger partial charge in [0.2, 0.25) is 5.76 Å².